The summed E-state index contributed by atoms with van der Waals surface area (Å²) in [6, 6.07) is 0. The van der Waals surface area contributed by atoms with Crippen LogP contribution in [0.4, 0.5) is 0 Å². The van der Waals surface area contributed by atoms with Crippen LogP contribution in [0.3, 0.4) is 0 Å². The molecule has 0 aromatic heterocycles. The molecule has 0 rings (SSSR count). The fourth-order valence-corrected chi connectivity index (χ4v) is 2.96. The van der Waals surface area contributed by atoms with Crippen molar-refractivity contribution in [3.8, 4) is 0 Å². The Morgan fingerprint density at radius 1 is 1.15 bits per heavy atom. The Kier molecular flexibility index (Phi) is 5.76. The first-order valence-electron chi connectivity index (χ1n) is 4.54. The van der Waals surface area contributed by atoms with E-state index in [-0.39, 0.29) is 6.73 Å². The van der Waals surface area contributed by atoms with Crippen LogP contribution in [0, 0.1) is 0 Å². The van der Waals surface area contributed by atoms with Crippen LogP contribution in [-0.2, 0) is 4.57 Å². The molecule has 0 aliphatic rings. The molecular formula is C7H20N3O2P. The largest absolute Gasteiger partial charge is 0.381 e. The molecule has 5 nitrogen and oxygen atoms in total. The molecule has 6 heteroatoms. The summed E-state index contributed by atoms with van der Waals surface area (Å²) >= 11 is 0. The highest BCUT2D eigenvalue weighted by atomic mass is 31.2. The molecule has 0 aliphatic heterocycles. The van der Waals surface area contributed by atoms with Crippen LogP contribution in [0.25, 0.3) is 0 Å². The lowest BCUT2D eigenvalue weighted by atomic mass is 10.7. The van der Waals surface area contributed by atoms with Gasteiger partial charge in [0, 0.05) is 19.6 Å². The molecule has 0 fully saturated rings. The molecule has 0 aromatic carbocycles. The molecule has 0 saturated heterocycles. The zero-order chi connectivity index (χ0) is 10.5. The van der Waals surface area contributed by atoms with E-state index in [2.05, 4.69) is 0 Å². The molecule has 0 aromatic rings. The second-order valence-electron chi connectivity index (χ2n) is 2.69. The molecule has 0 bridgehead atoms. The quantitative estimate of drug-likeness (QED) is 0.497. The maximum atomic E-state index is 12.0. The number of aliphatic hydroxyl groups excluding tert-OH is 1. The number of hydrogen-bond acceptors (Lipinski definition) is 2. The highest BCUT2D eigenvalue weighted by molar-refractivity contribution is 7.56. The molecule has 80 valence electrons. The fourth-order valence-electron chi connectivity index (χ4n) is 1.20. The van der Waals surface area contributed by atoms with Crippen LogP contribution in [0.15, 0.2) is 0 Å². The van der Waals surface area contributed by atoms with E-state index < -0.39 is 7.59 Å². The van der Waals surface area contributed by atoms with Crippen molar-refractivity contribution in [1.29, 1.82) is 0 Å². The van der Waals surface area contributed by atoms with Crippen molar-refractivity contribution < 1.29 is 9.67 Å². The van der Waals surface area contributed by atoms with Crippen LogP contribution < -0.4 is 5.50 Å². The Morgan fingerprint density at radius 3 is 1.77 bits per heavy atom. The number of hydrogen-bond donors (Lipinski definition) is 2. The van der Waals surface area contributed by atoms with Crippen LogP contribution >= 0.6 is 7.59 Å². The monoisotopic (exact) mass is 209 g/mol. The van der Waals surface area contributed by atoms with Crippen molar-refractivity contribution >= 4 is 7.59 Å². The van der Waals surface area contributed by atoms with Crippen molar-refractivity contribution in [2.24, 2.45) is 5.50 Å². The summed E-state index contributed by atoms with van der Waals surface area (Å²) in [4.78, 5) is 0. The lowest BCUT2D eigenvalue weighted by molar-refractivity contribution is 0.172. The number of nitrogens with two attached hydrogens (primary N) is 1. The van der Waals surface area contributed by atoms with Crippen LogP contribution in [-0.4, -0.2) is 40.8 Å². The van der Waals surface area contributed by atoms with Crippen LogP contribution in [0.5, 0.6) is 0 Å². The Bertz CT molecular complexity index is 165. The summed E-state index contributed by atoms with van der Waals surface area (Å²) in [6.07, 6.45) is 0. The van der Waals surface area contributed by atoms with E-state index in [0.717, 1.165) is 0 Å². The summed E-state index contributed by atoms with van der Waals surface area (Å²) in [5, 5.41) is 8.95. The SMILES string of the molecule is CCN(CC)P(N)(=O)N(CC)CO. The minimum atomic E-state index is -3.00. The molecule has 13 heavy (non-hydrogen) atoms. The molecule has 0 spiro atoms. The van der Waals surface area contributed by atoms with Gasteiger partial charge in [0.1, 0.15) is 6.73 Å². The molecule has 1 atom stereocenters. The van der Waals surface area contributed by atoms with Crippen molar-refractivity contribution in [3.63, 3.8) is 0 Å². The van der Waals surface area contributed by atoms with Crippen molar-refractivity contribution in [2.45, 2.75) is 20.8 Å². The molecule has 0 saturated carbocycles. The maximum absolute atomic E-state index is 12.0. The highest BCUT2D eigenvalue weighted by Crippen LogP contribution is 2.44. The molecule has 3 N–H and O–H groups in total. The minimum Gasteiger partial charge on any atom is -0.381 e. The van der Waals surface area contributed by atoms with Crippen molar-refractivity contribution in [3.05, 3.63) is 0 Å². The average molecular weight is 209 g/mol. The van der Waals surface area contributed by atoms with E-state index in [0.29, 0.717) is 19.6 Å². The molecule has 0 radical (unpaired) electrons. The molecule has 1 unspecified atom stereocenters. The van der Waals surface area contributed by atoms with Gasteiger partial charge in [0.15, 0.2) is 0 Å². The first kappa shape index (κ1) is 13.1. The molecular weight excluding hydrogens is 189 g/mol. The summed E-state index contributed by atoms with van der Waals surface area (Å²) in [5.74, 6) is 0. The van der Waals surface area contributed by atoms with Gasteiger partial charge in [-0.3, -0.25) is 10.1 Å². The number of rotatable bonds is 6. The molecule has 0 aliphatic carbocycles. The first-order chi connectivity index (χ1) is 6.04. The lowest BCUT2D eigenvalue weighted by Gasteiger charge is -2.33. The first-order valence-corrected chi connectivity index (χ1v) is 6.22. The Balaban J connectivity index is 4.59. The van der Waals surface area contributed by atoms with Gasteiger partial charge < -0.3 is 5.11 Å². The molecule has 0 heterocycles. The standard InChI is InChI=1S/C7H20N3O2P/c1-4-9(5-2)13(8,12)10(6-3)7-11/h11H,4-7H2,1-3H3,(H2,8,12). The van der Waals surface area contributed by atoms with Crippen molar-refractivity contribution in [2.75, 3.05) is 26.4 Å². The Hall–Kier alpha value is 0.0700. The van der Waals surface area contributed by atoms with E-state index in [4.69, 9.17) is 10.6 Å². The number of nitrogens with zero attached hydrogens (tertiary/aromatic N) is 2. The smallest absolute Gasteiger partial charge is 0.283 e. The lowest BCUT2D eigenvalue weighted by Crippen LogP contribution is -2.36. The summed E-state index contributed by atoms with van der Waals surface area (Å²) in [5.41, 5.74) is 5.69. The normalized spacial score (nSPS) is 16.5. The second kappa shape index (κ2) is 5.73. The van der Waals surface area contributed by atoms with Gasteiger partial charge >= 0.3 is 0 Å². The average Bonchev–Trinajstić information content (AvgIpc) is 2.07. The zero-order valence-corrected chi connectivity index (χ0v) is 9.50. The van der Waals surface area contributed by atoms with Gasteiger partial charge in [-0.25, -0.2) is 9.34 Å². The van der Waals surface area contributed by atoms with Crippen LogP contribution in [0.1, 0.15) is 20.8 Å². The summed E-state index contributed by atoms with van der Waals surface area (Å²) < 4.78 is 15.1. The van der Waals surface area contributed by atoms with Crippen molar-refractivity contribution in [1.82, 2.24) is 9.34 Å². The van der Waals surface area contributed by atoms with Gasteiger partial charge in [-0.2, -0.15) is 0 Å². The van der Waals surface area contributed by atoms with Gasteiger partial charge in [0.05, 0.1) is 0 Å². The van der Waals surface area contributed by atoms with E-state index >= 15 is 0 Å². The fraction of sp³-hybridized carbons (Fsp3) is 1.00. The van der Waals surface area contributed by atoms with Gasteiger partial charge in [0.2, 0.25) is 0 Å². The maximum Gasteiger partial charge on any atom is 0.283 e. The van der Waals surface area contributed by atoms with E-state index in [1.165, 1.54) is 4.67 Å². The summed E-state index contributed by atoms with van der Waals surface area (Å²) in [6.45, 7) is 7.09. The van der Waals surface area contributed by atoms with Gasteiger partial charge in [-0.05, 0) is 0 Å². The third-order valence-corrected chi connectivity index (χ3v) is 4.66. The topological polar surface area (TPSA) is 69.8 Å². The number of aliphatic hydroxyl groups is 1. The predicted octanol–water partition coefficient (Wildman–Crippen LogP) is 0.667. The van der Waals surface area contributed by atoms with Gasteiger partial charge in [-0.15, -0.1) is 0 Å². The van der Waals surface area contributed by atoms with Gasteiger partial charge in [-0.1, -0.05) is 20.8 Å². The third-order valence-electron chi connectivity index (χ3n) is 2.07. The zero-order valence-electron chi connectivity index (χ0n) is 8.60. The van der Waals surface area contributed by atoms with E-state index in [1.807, 2.05) is 20.8 Å². The summed E-state index contributed by atoms with van der Waals surface area (Å²) in [7, 11) is -3.00. The Labute approximate surface area is 80.0 Å². The Morgan fingerprint density at radius 2 is 1.54 bits per heavy atom. The van der Waals surface area contributed by atoms with E-state index in [9.17, 15) is 4.57 Å². The second-order valence-corrected chi connectivity index (χ2v) is 5.00. The highest BCUT2D eigenvalue weighted by Gasteiger charge is 2.29. The van der Waals surface area contributed by atoms with Crippen LogP contribution in [0.2, 0.25) is 0 Å². The van der Waals surface area contributed by atoms with Gasteiger partial charge in [0.25, 0.3) is 7.59 Å². The molecule has 0 amide bonds. The van der Waals surface area contributed by atoms with E-state index in [1.54, 1.807) is 4.67 Å². The minimum absolute atomic E-state index is 0.263. The third kappa shape index (κ3) is 3.04. The predicted molar refractivity (Wildman–Crippen MR) is 54.2 cm³/mol.